The number of nitrogens with one attached hydrogen (secondary N) is 5. The third-order valence-corrected chi connectivity index (χ3v) is 8.78. The molecule has 0 fully saturated rings. The van der Waals surface area contributed by atoms with E-state index in [-0.39, 0.29) is 44.9 Å². The minimum absolute atomic E-state index is 0.00175. The van der Waals surface area contributed by atoms with Crippen LogP contribution in [0.1, 0.15) is 59.1 Å². The van der Waals surface area contributed by atoms with E-state index < -0.39 is 60.2 Å². The number of rotatable bonds is 21. The average molecular weight is 776 g/mol. The lowest BCUT2D eigenvalue weighted by Crippen LogP contribution is -2.58. The van der Waals surface area contributed by atoms with Gasteiger partial charge in [0.05, 0.1) is 26.4 Å². The highest BCUT2D eigenvalue weighted by atomic mass is 16.5. The number of hydrogen-bond acceptors (Lipinski definition) is 10. The van der Waals surface area contributed by atoms with E-state index in [1.54, 1.807) is 12.2 Å². The van der Waals surface area contributed by atoms with E-state index in [4.69, 9.17) is 31.8 Å². The molecule has 3 atom stereocenters. The molecule has 300 valence electrons. The molecule has 18 heteroatoms. The second-order valence-corrected chi connectivity index (χ2v) is 13.1. The van der Waals surface area contributed by atoms with Crippen LogP contribution in [0.2, 0.25) is 0 Å². The van der Waals surface area contributed by atoms with Crippen molar-refractivity contribution < 1.29 is 43.3 Å². The van der Waals surface area contributed by atoms with Crippen molar-refractivity contribution in [2.24, 2.45) is 22.2 Å². The number of carbonyl (C=O) groups excluding carboxylic acids is 5. The molecule has 2 aromatic carbocycles. The predicted octanol–water partition coefficient (Wildman–Crippen LogP) is -0.962. The first-order chi connectivity index (χ1) is 26.9. The van der Waals surface area contributed by atoms with E-state index >= 15 is 0 Å². The molecule has 0 saturated carbocycles. The van der Waals surface area contributed by atoms with E-state index in [1.165, 1.54) is 12.2 Å². The minimum atomic E-state index is -1.37. The van der Waals surface area contributed by atoms with Crippen molar-refractivity contribution in [3.8, 4) is 0 Å². The van der Waals surface area contributed by atoms with Gasteiger partial charge in [-0.3, -0.25) is 33.8 Å². The number of fused-ring (bicyclic) bond motifs is 2. The summed E-state index contributed by atoms with van der Waals surface area (Å²) in [5, 5.41) is 21.7. The minimum Gasteiger partial charge on any atom is -0.480 e. The second-order valence-electron chi connectivity index (χ2n) is 13.1. The Labute approximate surface area is 323 Å². The number of carbonyl (C=O) groups is 6. The quantitative estimate of drug-likeness (QED) is 0.0321. The van der Waals surface area contributed by atoms with Crippen LogP contribution in [0.25, 0.3) is 12.2 Å². The van der Waals surface area contributed by atoms with E-state index in [1.807, 2.05) is 36.4 Å². The Kier molecular flexibility index (Phi) is 16.5. The lowest BCUT2D eigenvalue weighted by molar-refractivity contribution is -0.138. The number of amides is 5. The lowest BCUT2D eigenvalue weighted by Gasteiger charge is -2.25. The maximum atomic E-state index is 13.9. The van der Waals surface area contributed by atoms with Crippen LogP contribution in [0.3, 0.4) is 0 Å². The number of aliphatic carboxylic acids is 1. The molecular weight excluding hydrogens is 726 g/mol. The largest absolute Gasteiger partial charge is 0.480 e. The first-order valence-electron chi connectivity index (χ1n) is 18.1. The second kappa shape index (κ2) is 21.7. The summed E-state index contributed by atoms with van der Waals surface area (Å²) in [7, 11) is 0. The number of hydrogen-bond donors (Lipinski definition) is 9. The van der Waals surface area contributed by atoms with Gasteiger partial charge in [0.15, 0.2) is 5.96 Å². The molecule has 56 heavy (non-hydrogen) atoms. The van der Waals surface area contributed by atoms with Gasteiger partial charge in [-0.1, -0.05) is 24.3 Å². The van der Waals surface area contributed by atoms with Crippen LogP contribution in [-0.2, 0) is 64.7 Å². The van der Waals surface area contributed by atoms with Gasteiger partial charge in [0.25, 0.3) is 0 Å². The summed E-state index contributed by atoms with van der Waals surface area (Å²) in [5.74, 6) is -5.00. The molecule has 0 saturated heterocycles. The third-order valence-electron chi connectivity index (χ3n) is 8.78. The molecule has 0 aliphatic carbocycles. The molecule has 2 aliphatic rings. The number of benzene rings is 2. The first kappa shape index (κ1) is 42.6. The Bertz CT molecular complexity index is 1840. The van der Waals surface area contributed by atoms with Crippen LogP contribution in [0.4, 0.5) is 0 Å². The average Bonchev–Trinajstić information content (AvgIpc) is 3.85. The number of nitrogens with two attached hydrogens (primary N) is 3. The van der Waals surface area contributed by atoms with Crippen LogP contribution in [0.5, 0.6) is 0 Å². The topological polar surface area (TPSA) is 292 Å². The van der Waals surface area contributed by atoms with Gasteiger partial charge in [-0.05, 0) is 89.9 Å². The molecule has 2 aromatic rings. The van der Waals surface area contributed by atoms with Crippen LogP contribution in [0.15, 0.2) is 53.5 Å². The normalized spacial score (nSPS) is 14.6. The van der Waals surface area contributed by atoms with Crippen LogP contribution in [-0.4, -0.2) is 90.9 Å². The summed E-state index contributed by atoms with van der Waals surface area (Å²) in [6.45, 7) is 1.25. The number of guanidine groups is 1. The Morgan fingerprint density at radius 2 is 1.23 bits per heavy atom. The van der Waals surface area contributed by atoms with E-state index in [9.17, 15) is 28.8 Å². The van der Waals surface area contributed by atoms with E-state index in [0.29, 0.717) is 32.8 Å². The van der Waals surface area contributed by atoms with Gasteiger partial charge in [0, 0.05) is 25.2 Å². The van der Waals surface area contributed by atoms with Crippen molar-refractivity contribution >= 4 is 53.6 Å². The van der Waals surface area contributed by atoms with Crippen molar-refractivity contribution in [3.63, 3.8) is 0 Å². The van der Waals surface area contributed by atoms with Crippen molar-refractivity contribution in [1.82, 2.24) is 26.6 Å². The van der Waals surface area contributed by atoms with Crippen molar-refractivity contribution in [2.45, 2.75) is 70.2 Å². The molecule has 0 aromatic heterocycles. The van der Waals surface area contributed by atoms with Crippen molar-refractivity contribution in [3.05, 3.63) is 81.9 Å². The summed E-state index contributed by atoms with van der Waals surface area (Å²) in [6, 6.07) is 7.51. The molecule has 18 nitrogen and oxygen atoms in total. The van der Waals surface area contributed by atoms with Gasteiger partial charge >= 0.3 is 5.97 Å². The van der Waals surface area contributed by atoms with Gasteiger partial charge < -0.3 is 58.4 Å². The Morgan fingerprint density at radius 1 is 0.696 bits per heavy atom. The summed E-state index contributed by atoms with van der Waals surface area (Å²) in [4.78, 5) is 81.3. The zero-order chi connectivity index (χ0) is 40.5. The Morgan fingerprint density at radius 3 is 1.80 bits per heavy atom. The summed E-state index contributed by atoms with van der Waals surface area (Å²) >= 11 is 0. The number of aliphatic imine (C=N–C) groups is 1. The molecule has 0 bridgehead atoms. The summed E-state index contributed by atoms with van der Waals surface area (Å²) in [6.07, 6.45) is 6.34. The van der Waals surface area contributed by atoms with E-state index in [0.717, 1.165) is 33.4 Å². The van der Waals surface area contributed by atoms with Crippen LogP contribution < -0.4 is 43.8 Å². The molecule has 1 unspecified atom stereocenters. The molecule has 5 amide bonds. The monoisotopic (exact) mass is 775 g/mol. The summed E-state index contributed by atoms with van der Waals surface area (Å²) < 4.78 is 10.9. The highest BCUT2D eigenvalue weighted by molar-refractivity contribution is 5.98. The zero-order valence-corrected chi connectivity index (χ0v) is 30.9. The van der Waals surface area contributed by atoms with Gasteiger partial charge in [-0.15, -0.1) is 0 Å². The Hall–Kier alpha value is -6.11. The molecule has 12 N–H and O–H groups in total. The number of carboxylic acids is 1. The first-order valence-corrected chi connectivity index (χ1v) is 18.1. The highest BCUT2D eigenvalue weighted by Crippen LogP contribution is 2.22. The maximum Gasteiger partial charge on any atom is 0.322 e. The number of carboxylic acid groups (broad SMARTS) is 1. The highest BCUT2D eigenvalue weighted by Gasteiger charge is 2.30. The van der Waals surface area contributed by atoms with Gasteiger partial charge in [-0.25, -0.2) is 0 Å². The lowest BCUT2D eigenvalue weighted by atomic mass is 10.1. The molecule has 4 rings (SSSR count). The third kappa shape index (κ3) is 13.9. The fourth-order valence-electron chi connectivity index (χ4n) is 5.82. The molecule has 2 heterocycles. The standard InChI is InChI=1S/C38H49N9O9/c39-13-1-3-29(35(52)44-18-34(50)51)46-36(53)30(4-2-14-42-38(40)41)47-37(54)31(45-33(49)12-8-24-6-10-26-20-56-22-28(26)16-24)17-43-32(48)11-7-23-5-9-25-19-55-21-27(25)15-23/h5-12,15-16,29-31H,1-4,13-14,17-22,39H2,(H,43,48)(H,44,52)(H,45,49)(H,46,53)(H,47,54)(H,50,51)(H4,40,41,42)/t29-,30-,31?/m1/s1. The maximum absolute atomic E-state index is 13.9. The number of ether oxygens (including phenoxy) is 2. The number of nitrogens with zero attached hydrogens (tertiary/aromatic N) is 1. The van der Waals surface area contributed by atoms with E-state index in [2.05, 4.69) is 31.6 Å². The zero-order valence-electron chi connectivity index (χ0n) is 30.9. The van der Waals surface area contributed by atoms with Crippen molar-refractivity contribution in [2.75, 3.05) is 26.2 Å². The van der Waals surface area contributed by atoms with Gasteiger partial charge in [-0.2, -0.15) is 0 Å². The Balaban J connectivity index is 1.50. The summed E-state index contributed by atoms with van der Waals surface area (Å²) in [5.41, 5.74) is 22.2. The molecule has 0 spiro atoms. The van der Waals surface area contributed by atoms with Gasteiger partial charge in [0.1, 0.15) is 24.7 Å². The fraction of sp³-hybridized carbons (Fsp3) is 0.395. The molecule has 2 aliphatic heterocycles. The predicted molar refractivity (Wildman–Crippen MR) is 206 cm³/mol. The molecular formula is C38H49N9O9. The fourth-order valence-corrected chi connectivity index (χ4v) is 5.82. The smallest absolute Gasteiger partial charge is 0.322 e. The molecule has 0 radical (unpaired) electrons. The van der Waals surface area contributed by atoms with Crippen LogP contribution in [0, 0.1) is 0 Å². The van der Waals surface area contributed by atoms with Gasteiger partial charge in [0.2, 0.25) is 29.5 Å². The van der Waals surface area contributed by atoms with Crippen molar-refractivity contribution in [1.29, 1.82) is 0 Å². The van der Waals surface area contributed by atoms with Crippen LogP contribution >= 0.6 is 0 Å². The SMILES string of the molecule is NCCC[C@@H](NC(=O)[C@@H](CCCN=C(N)N)NC(=O)C(CNC(=O)C=Cc1ccc2c(c1)COC2)NC(=O)C=Cc1ccc2c(c1)COC2)C(=O)NCC(=O)O.